The molecule has 22 heavy (non-hydrogen) atoms. The summed E-state index contributed by atoms with van der Waals surface area (Å²) in [5, 5.41) is 12.0. The van der Waals surface area contributed by atoms with Crippen LogP contribution in [0.1, 0.15) is 33.6 Å². The van der Waals surface area contributed by atoms with Crippen LogP contribution in [0.25, 0.3) is 10.4 Å². The van der Waals surface area contributed by atoms with E-state index in [4.69, 9.17) is 20.1 Å². The van der Waals surface area contributed by atoms with Crippen molar-refractivity contribution >= 4 is 12.1 Å². The number of carbonyl (C=O) groups excluding carboxylic acids is 1. The first-order chi connectivity index (χ1) is 10.3. The van der Waals surface area contributed by atoms with Gasteiger partial charge in [0.15, 0.2) is 0 Å². The molecule has 0 heterocycles. The van der Waals surface area contributed by atoms with Crippen molar-refractivity contribution in [1.82, 2.24) is 4.90 Å². The van der Waals surface area contributed by atoms with E-state index >= 15 is 0 Å². The van der Waals surface area contributed by atoms with Gasteiger partial charge in [-0.05, 0) is 32.7 Å². The third-order valence-electron chi connectivity index (χ3n) is 2.37. The first-order valence-corrected chi connectivity index (χ1v) is 7.04. The lowest BCUT2D eigenvalue weighted by Gasteiger charge is -2.27. The molecule has 0 saturated carbocycles. The van der Waals surface area contributed by atoms with Crippen LogP contribution in [0.4, 0.5) is 4.79 Å². The Morgan fingerprint density at radius 2 is 1.95 bits per heavy atom. The molecular weight excluding hydrogens is 292 g/mol. The summed E-state index contributed by atoms with van der Waals surface area (Å²) in [6.07, 6.45) is -0.179. The van der Waals surface area contributed by atoms with E-state index in [1.165, 1.54) is 4.90 Å². The van der Waals surface area contributed by atoms with Gasteiger partial charge in [-0.15, -0.1) is 0 Å². The first kappa shape index (κ1) is 20.0. The van der Waals surface area contributed by atoms with Crippen LogP contribution >= 0.6 is 0 Å². The summed E-state index contributed by atoms with van der Waals surface area (Å²) in [7, 11) is 0. The second kappa shape index (κ2) is 10.7. The molecule has 126 valence electrons. The molecule has 1 amide bonds. The zero-order valence-electron chi connectivity index (χ0n) is 13.3. The van der Waals surface area contributed by atoms with Crippen molar-refractivity contribution in [1.29, 1.82) is 0 Å². The molecule has 0 saturated heterocycles. The average molecular weight is 316 g/mol. The molecule has 0 aromatic rings. The number of amides is 1. The molecule has 0 bridgehead atoms. The van der Waals surface area contributed by atoms with Gasteiger partial charge in [-0.3, -0.25) is 4.79 Å². The summed E-state index contributed by atoms with van der Waals surface area (Å²) in [6, 6.07) is 0. The zero-order chi connectivity index (χ0) is 17.0. The lowest BCUT2D eigenvalue weighted by Crippen LogP contribution is -2.39. The molecule has 0 rings (SSSR count). The summed E-state index contributed by atoms with van der Waals surface area (Å²) in [5.41, 5.74) is 7.50. The minimum Gasteiger partial charge on any atom is -0.481 e. The first-order valence-electron chi connectivity index (χ1n) is 7.04. The molecule has 0 spiro atoms. The molecule has 9 nitrogen and oxygen atoms in total. The van der Waals surface area contributed by atoms with Crippen LogP contribution in [0.5, 0.6) is 0 Å². The third-order valence-corrected chi connectivity index (χ3v) is 2.37. The largest absolute Gasteiger partial charge is 0.481 e. The Hall–Kier alpha value is -1.99. The quantitative estimate of drug-likeness (QED) is 0.287. The minimum atomic E-state index is -0.908. The van der Waals surface area contributed by atoms with Gasteiger partial charge < -0.3 is 19.5 Å². The maximum Gasteiger partial charge on any atom is 0.410 e. The monoisotopic (exact) mass is 316 g/mol. The van der Waals surface area contributed by atoms with Crippen molar-refractivity contribution in [2.45, 2.75) is 39.2 Å². The van der Waals surface area contributed by atoms with Crippen molar-refractivity contribution in [3.05, 3.63) is 10.4 Å². The maximum atomic E-state index is 12.0. The van der Waals surface area contributed by atoms with Gasteiger partial charge in [0.1, 0.15) is 5.60 Å². The van der Waals surface area contributed by atoms with Crippen LogP contribution in [0, 0.1) is 0 Å². The number of azide groups is 1. The van der Waals surface area contributed by atoms with Crippen molar-refractivity contribution in [3.63, 3.8) is 0 Å². The predicted molar refractivity (Wildman–Crippen MR) is 79.5 cm³/mol. The van der Waals surface area contributed by atoms with E-state index in [0.717, 1.165) is 0 Å². The highest BCUT2D eigenvalue weighted by atomic mass is 16.6. The predicted octanol–water partition coefficient (Wildman–Crippen LogP) is 2.42. The number of aliphatic carboxylic acids is 1. The molecule has 0 radical (unpaired) electrons. The lowest BCUT2D eigenvalue weighted by atomic mass is 10.2. The second-order valence-corrected chi connectivity index (χ2v) is 5.53. The molecule has 0 aromatic carbocycles. The number of rotatable bonds is 10. The highest BCUT2D eigenvalue weighted by molar-refractivity contribution is 5.68. The van der Waals surface area contributed by atoms with Crippen molar-refractivity contribution in [2.24, 2.45) is 5.11 Å². The van der Waals surface area contributed by atoms with E-state index in [-0.39, 0.29) is 39.3 Å². The fraction of sp³-hybridized carbons (Fsp3) is 0.846. The van der Waals surface area contributed by atoms with E-state index in [1.54, 1.807) is 20.8 Å². The van der Waals surface area contributed by atoms with Crippen molar-refractivity contribution in [3.8, 4) is 0 Å². The highest BCUT2D eigenvalue weighted by Crippen LogP contribution is 2.10. The van der Waals surface area contributed by atoms with Gasteiger partial charge in [-0.1, -0.05) is 5.11 Å². The van der Waals surface area contributed by atoms with E-state index in [2.05, 4.69) is 10.0 Å². The van der Waals surface area contributed by atoms with Crippen LogP contribution in [0.2, 0.25) is 0 Å². The van der Waals surface area contributed by atoms with E-state index in [9.17, 15) is 9.59 Å². The normalized spacial score (nSPS) is 10.7. The molecule has 0 atom stereocenters. The minimum absolute atomic E-state index is 0.0168. The Labute approximate surface area is 129 Å². The molecule has 1 N–H and O–H groups in total. The summed E-state index contributed by atoms with van der Waals surface area (Å²) in [6.45, 7) is 6.59. The van der Waals surface area contributed by atoms with E-state index in [1.807, 2.05) is 0 Å². The van der Waals surface area contributed by atoms with Crippen LogP contribution < -0.4 is 0 Å². The smallest absolute Gasteiger partial charge is 0.410 e. The molecule has 0 unspecified atom stereocenters. The molecule has 0 aliphatic rings. The summed E-state index contributed by atoms with van der Waals surface area (Å²) >= 11 is 0. The van der Waals surface area contributed by atoms with Gasteiger partial charge in [0.2, 0.25) is 0 Å². The summed E-state index contributed by atoms with van der Waals surface area (Å²) in [5.74, 6) is -0.908. The van der Waals surface area contributed by atoms with Crippen LogP contribution in [-0.4, -0.2) is 60.5 Å². The highest BCUT2D eigenvalue weighted by Gasteiger charge is 2.21. The maximum absolute atomic E-state index is 12.0. The van der Waals surface area contributed by atoms with Gasteiger partial charge in [0.05, 0.1) is 13.2 Å². The Bertz CT molecular complexity index is 402. The lowest BCUT2D eigenvalue weighted by molar-refractivity contribution is -0.137. The van der Waals surface area contributed by atoms with Crippen molar-refractivity contribution < 1.29 is 24.2 Å². The van der Waals surface area contributed by atoms with Gasteiger partial charge in [-0.2, -0.15) is 0 Å². The van der Waals surface area contributed by atoms with Gasteiger partial charge >= 0.3 is 12.1 Å². The number of hydrogen-bond donors (Lipinski definition) is 1. The fourth-order valence-corrected chi connectivity index (χ4v) is 1.47. The summed E-state index contributed by atoms with van der Waals surface area (Å²) in [4.78, 5) is 26.6. The number of carbonyl (C=O) groups is 2. The Morgan fingerprint density at radius 3 is 2.50 bits per heavy atom. The number of hydrogen-bond acceptors (Lipinski definition) is 5. The molecule has 9 heteroatoms. The molecule has 0 aliphatic carbocycles. The Morgan fingerprint density at radius 1 is 1.27 bits per heavy atom. The fourth-order valence-electron chi connectivity index (χ4n) is 1.47. The number of carboxylic acids is 1. The molecule has 0 fully saturated rings. The average Bonchev–Trinajstić information content (AvgIpc) is 2.38. The van der Waals surface area contributed by atoms with Crippen LogP contribution in [0.3, 0.4) is 0 Å². The van der Waals surface area contributed by atoms with Gasteiger partial charge in [0.25, 0.3) is 0 Å². The summed E-state index contributed by atoms with van der Waals surface area (Å²) < 4.78 is 10.5. The third kappa shape index (κ3) is 11.8. The molecule has 0 aromatic heterocycles. The number of carboxylic acid groups (broad SMARTS) is 1. The van der Waals surface area contributed by atoms with Crippen LogP contribution in [-0.2, 0) is 14.3 Å². The van der Waals surface area contributed by atoms with Gasteiger partial charge in [0, 0.05) is 31.0 Å². The Balaban J connectivity index is 4.29. The topological polar surface area (TPSA) is 125 Å². The number of nitrogens with zero attached hydrogens (tertiary/aromatic N) is 4. The Kier molecular flexibility index (Phi) is 9.73. The van der Waals surface area contributed by atoms with Crippen molar-refractivity contribution in [2.75, 3.05) is 32.8 Å². The van der Waals surface area contributed by atoms with Gasteiger partial charge in [-0.25, -0.2) is 4.79 Å². The van der Waals surface area contributed by atoms with E-state index in [0.29, 0.717) is 6.42 Å². The van der Waals surface area contributed by atoms with Crippen LogP contribution in [0.15, 0.2) is 5.11 Å². The standard InChI is InChI=1S/C13H24N4O5/c1-13(2,3)22-12(20)17(7-4-5-11(18)19)8-10-21-9-6-15-16-14/h4-10H2,1-3H3,(H,18,19). The molecular formula is C13H24N4O5. The van der Waals surface area contributed by atoms with E-state index < -0.39 is 17.7 Å². The SMILES string of the molecule is CC(C)(C)OC(=O)N(CCCC(=O)O)CCOCCN=[N+]=[N-]. The zero-order valence-corrected chi connectivity index (χ0v) is 13.3. The second-order valence-electron chi connectivity index (χ2n) is 5.53. The molecule has 0 aliphatic heterocycles. The number of ether oxygens (including phenoxy) is 2.